The quantitative estimate of drug-likeness (QED) is 0.585. The van der Waals surface area contributed by atoms with Crippen molar-refractivity contribution >= 4 is 10.9 Å². The number of hydrogen-bond donors (Lipinski definition) is 1. The number of aromatic amines is 1. The maximum absolute atomic E-state index is 3.92. The molecule has 2 rings (SSSR count). The van der Waals surface area contributed by atoms with Crippen LogP contribution in [-0.4, -0.2) is 4.98 Å². The molecule has 1 N–H and O–H groups in total. The van der Waals surface area contributed by atoms with Gasteiger partial charge < -0.3 is 4.98 Å². The fourth-order valence-electron chi connectivity index (χ4n) is 1.36. The predicted molar refractivity (Wildman–Crippen MR) is 47.5 cm³/mol. The van der Waals surface area contributed by atoms with Gasteiger partial charge in [0, 0.05) is 17.1 Å². The van der Waals surface area contributed by atoms with Crippen molar-refractivity contribution in [1.82, 2.24) is 4.98 Å². The second-order valence-corrected chi connectivity index (χ2v) is 2.81. The molecule has 0 aliphatic carbocycles. The summed E-state index contributed by atoms with van der Waals surface area (Å²) in [6, 6.07) is 6.24. The van der Waals surface area contributed by atoms with Crippen molar-refractivity contribution in [1.29, 1.82) is 0 Å². The van der Waals surface area contributed by atoms with Crippen LogP contribution in [0.15, 0.2) is 24.4 Å². The molecular formula is C10H10N. The molecule has 1 heteroatoms. The molecule has 1 nitrogen and oxygen atoms in total. The van der Waals surface area contributed by atoms with Gasteiger partial charge >= 0.3 is 0 Å². The van der Waals surface area contributed by atoms with Gasteiger partial charge in [-0.15, -0.1) is 0 Å². The van der Waals surface area contributed by atoms with E-state index in [0.29, 0.717) is 0 Å². The summed E-state index contributed by atoms with van der Waals surface area (Å²) in [6.07, 6.45) is 1.94. The largest absolute Gasteiger partial charge is 0.361 e. The third-order valence-electron chi connectivity index (χ3n) is 2.01. The Balaban J connectivity index is 2.94. The predicted octanol–water partition coefficient (Wildman–Crippen LogP) is 2.66. The molecule has 1 aromatic heterocycles. The molecule has 0 atom stereocenters. The molecule has 0 saturated carbocycles. The second-order valence-electron chi connectivity index (χ2n) is 2.81. The van der Waals surface area contributed by atoms with E-state index >= 15 is 0 Å². The van der Waals surface area contributed by atoms with Crippen LogP contribution in [0.3, 0.4) is 0 Å². The first-order valence-corrected chi connectivity index (χ1v) is 3.67. The van der Waals surface area contributed by atoms with Gasteiger partial charge in [0.15, 0.2) is 0 Å². The molecular weight excluding hydrogens is 134 g/mol. The molecule has 0 bridgehead atoms. The summed E-state index contributed by atoms with van der Waals surface area (Å²) in [5, 5.41) is 1.23. The van der Waals surface area contributed by atoms with Crippen molar-refractivity contribution in [2.75, 3.05) is 0 Å². The number of benzene rings is 1. The first kappa shape index (κ1) is 6.47. The summed E-state index contributed by atoms with van der Waals surface area (Å²) in [4.78, 5) is 3.19. The van der Waals surface area contributed by atoms with E-state index in [4.69, 9.17) is 0 Å². The number of rotatable bonds is 0. The van der Waals surface area contributed by atoms with Gasteiger partial charge in [0.1, 0.15) is 0 Å². The van der Waals surface area contributed by atoms with Crippen molar-refractivity contribution in [2.24, 2.45) is 0 Å². The summed E-state index contributed by atoms with van der Waals surface area (Å²) in [5.41, 5.74) is 3.55. The van der Waals surface area contributed by atoms with E-state index in [1.165, 1.54) is 16.5 Å². The van der Waals surface area contributed by atoms with Crippen LogP contribution < -0.4 is 0 Å². The third-order valence-corrected chi connectivity index (χ3v) is 2.01. The van der Waals surface area contributed by atoms with Gasteiger partial charge in [0.25, 0.3) is 0 Å². The Morgan fingerprint density at radius 2 is 2.18 bits per heavy atom. The van der Waals surface area contributed by atoms with Gasteiger partial charge in [-0.05, 0) is 25.0 Å². The molecule has 2 aromatic rings. The van der Waals surface area contributed by atoms with Crippen molar-refractivity contribution in [2.45, 2.75) is 6.92 Å². The summed E-state index contributed by atoms with van der Waals surface area (Å²) in [6.45, 7) is 6.01. The lowest BCUT2D eigenvalue weighted by atomic mass is 10.1. The maximum atomic E-state index is 3.92. The highest BCUT2D eigenvalue weighted by Gasteiger charge is 1.99. The molecule has 11 heavy (non-hydrogen) atoms. The van der Waals surface area contributed by atoms with Crippen molar-refractivity contribution < 1.29 is 0 Å². The van der Waals surface area contributed by atoms with E-state index in [1.54, 1.807) is 0 Å². The number of aryl methyl sites for hydroxylation is 1. The number of aromatic nitrogens is 1. The van der Waals surface area contributed by atoms with E-state index in [1.807, 2.05) is 6.20 Å². The Labute approximate surface area is 66.1 Å². The monoisotopic (exact) mass is 144 g/mol. The Kier molecular flexibility index (Phi) is 1.25. The van der Waals surface area contributed by atoms with Gasteiger partial charge in [-0.25, -0.2) is 0 Å². The van der Waals surface area contributed by atoms with Crippen LogP contribution in [0.4, 0.5) is 0 Å². The molecule has 1 aromatic carbocycles. The third kappa shape index (κ3) is 0.845. The Morgan fingerprint density at radius 1 is 1.36 bits per heavy atom. The van der Waals surface area contributed by atoms with Crippen LogP contribution in [0, 0.1) is 13.8 Å². The maximum Gasteiger partial charge on any atom is 0.0486 e. The van der Waals surface area contributed by atoms with E-state index in [2.05, 4.69) is 37.0 Å². The number of nitrogens with one attached hydrogen (secondary N) is 1. The molecule has 1 radical (unpaired) electrons. The smallest absolute Gasteiger partial charge is 0.0486 e. The van der Waals surface area contributed by atoms with Crippen molar-refractivity contribution in [3.8, 4) is 0 Å². The number of H-pyrrole nitrogens is 1. The summed E-state index contributed by atoms with van der Waals surface area (Å²) >= 11 is 0. The molecule has 0 unspecified atom stereocenters. The summed E-state index contributed by atoms with van der Waals surface area (Å²) < 4.78 is 0. The topological polar surface area (TPSA) is 15.8 Å². The molecule has 55 valence electrons. The lowest BCUT2D eigenvalue weighted by Crippen LogP contribution is -1.74. The van der Waals surface area contributed by atoms with Gasteiger partial charge in [0.2, 0.25) is 0 Å². The molecule has 1 heterocycles. The normalized spacial score (nSPS) is 10.7. The Morgan fingerprint density at radius 3 is 2.91 bits per heavy atom. The fourth-order valence-corrected chi connectivity index (χ4v) is 1.36. The number of hydrogen-bond acceptors (Lipinski definition) is 0. The SMILES string of the molecule is [CH2]c1c[nH]c2c(C)cccc12. The fraction of sp³-hybridized carbons (Fsp3) is 0.100. The lowest BCUT2D eigenvalue weighted by Gasteiger charge is -1.94. The van der Waals surface area contributed by atoms with Gasteiger partial charge in [-0.2, -0.15) is 0 Å². The highest BCUT2D eigenvalue weighted by Crippen LogP contribution is 2.19. The minimum atomic E-state index is 1.07. The zero-order chi connectivity index (χ0) is 7.84. The molecule has 0 saturated heterocycles. The number of para-hydroxylation sites is 1. The van der Waals surface area contributed by atoms with Gasteiger partial charge in [0.05, 0.1) is 0 Å². The van der Waals surface area contributed by atoms with Crippen molar-refractivity contribution in [3.63, 3.8) is 0 Å². The lowest BCUT2D eigenvalue weighted by molar-refractivity contribution is 1.41. The molecule has 0 spiro atoms. The van der Waals surface area contributed by atoms with Crippen LogP contribution >= 0.6 is 0 Å². The molecule has 0 aliphatic heterocycles. The average Bonchev–Trinajstić information content (AvgIpc) is 2.35. The van der Waals surface area contributed by atoms with Crippen LogP contribution in [0.2, 0.25) is 0 Å². The molecule has 0 amide bonds. The van der Waals surface area contributed by atoms with Gasteiger partial charge in [-0.3, -0.25) is 0 Å². The molecule has 0 aliphatic rings. The minimum Gasteiger partial charge on any atom is -0.361 e. The first-order valence-electron chi connectivity index (χ1n) is 3.67. The highest BCUT2D eigenvalue weighted by atomic mass is 14.7. The van der Waals surface area contributed by atoms with E-state index in [9.17, 15) is 0 Å². The summed E-state index contributed by atoms with van der Waals surface area (Å²) in [5.74, 6) is 0. The Hall–Kier alpha value is -1.24. The Bertz CT molecular complexity index is 385. The van der Waals surface area contributed by atoms with Crippen LogP contribution in [0.5, 0.6) is 0 Å². The molecule has 0 fully saturated rings. The first-order chi connectivity index (χ1) is 5.29. The van der Waals surface area contributed by atoms with Crippen LogP contribution in [-0.2, 0) is 0 Å². The highest BCUT2D eigenvalue weighted by molar-refractivity contribution is 5.86. The average molecular weight is 144 g/mol. The zero-order valence-corrected chi connectivity index (χ0v) is 6.52. The standard InChI is InChI=1S/C10H10N/c1-7-4-3-5-9-8(2)6-11-10(7)9/h3-6,11H,2H2,1H3. The van der Waals surface area contributed by atoms with Crippen molar-refractivity contribution in [3.05, 3.63) is 42.4 Å². The zero-order valence-electron chi connectivity index (χ0n) is 6.52. The van der Waals surface area contributed by atoms with E-state index < -0.39 is 0 Å². The van der Waals surface area contributed by atoms with Crippen LogP contribution in [0.1, 0.15) is 11.1 Å². The minimum absolute atomic E-state index is 1.07. The summed E-state index contributed by atoms with van der Waals surface area (Å²) in [7, 11) is 0. The van der Waals surface area contributed by atoms with Gasteiger partial charge in [-0.1, -0.05) is 18.2 Å². The van der Waals surface area contributed by atoms with E-state index in [0.717, 1.165) is 5.56 Å². The van der Waals surface area contributed by atoms with E-state index in [-0.39, 0.29) is 0 Å². The second kappa shape index (κ2) is 2.12. The number of fused-ring (bicyclic) bond motifs is 1. The van der Waals surface area contributed by atoms with Crippen LogP contribution in [0.25, 0.3) is 10.9 Å².